The van der Waals surface area contributed by atoms with Crippen LogP contribution in [0.1, 0.15) is 70.2 Å². The van der Waals surface area contributed by atoms with Gasteiger partial charge in [-0.25, -0.2) is 0 Å². The Labute approximate surface area is 234 Å². The Bertz CT molecular complexity index is 1820. The Kier molecular flexibility index (Phi) is 6.31. The molecule has 39 heavy (non-hydrogen) atoms. The summed E-state index contributed by atoms with van der Waals surface area (Å²) in [6.45, 7) is 14.1. The van der Waals surface area contributed by atoms with Gasteiger partial charge in [-0.1, -0.05) is 133 Å². The average Bonchev–Trinajstić information content (AvgIpc) is 3.56. The molecule has 4 aromatic rings. The predicted molar refractivity (Wildman–Crippen MR) is 169 cm³/mol. The van der Waals surface area contributed by atoms with Gasteiger partial charge in [0, 0.05) is 0 Å². The summed E-state index contributed by atoms with van der Waals surface area (Å²) < 4.78 is 0. The molecule has 0 bridgehead atoms. The second kappa shape index (κ2) is 9.57. The first kappa shape index (κ1) is 25.7. The molecule has 0 nitrogen and oxygen atoms in total. The van der Waals surface area contributed by atoms with Crippen LogP contribution in [0, 0.1) is 15.3 Å². The molecule has 0 atom stereocenters. The minimum Gasteiger partial charge on any atom is -0.0801 e. The van der Waals surface area contributed by atoms with E-state index >= 15 is 0 Å². The van der Waals surface area contributed by atoms with Crippen LogP contribution in [0.4, 0.5) is 0 Å². The maximum Gasteiger partial charge on any atom is 0.0888 e. The summed E-state index contributed by atoms with van der Waals surface area (Å²) >= 11 is 0. The van der Waals surface area contributed by atoms with Gasteiger partial charge in [-0.3, -0.25) is 0 Å². The van der Waals surface area contributed by atoms with Crippen LogP contribution in [0.3, 0.4) is 0 Å². The highest BCUT2D eigenvalue weighted by Crippen LogP contribution is 2.36. The summed E-state index contributed by atoms with van der Waals surface area (Å²) in [5.41, 5.74) is 7.02. The molecule has 0 saturated carbocycles. The van der Waals surface area contributed by atoms with Crippen molar-refractivity contribution in [3.8, 4) is 0 Å². The van der Waals surface area contributed by atoms with Gasteiger partial charge in [0.2, 0.25) is 0 Å². The highest BCUT2D eigenvalue weighted by Gasteiger charge is 2.26. The van der Waals surface area contributed by atoms with E-state index in [9.17, 15) is 0 Å². The molecule has 0 spiro atoms. The topological polar surface area (TPSA) is 0 Å². The van der Waals surface area contributed by atoms with Gasteiger partial charge in [-0.05, 0) is 94.1 Å². The lowest BCUT2D eigenvalue weighted by molar-refractivity contribution is 0.586. The van der Waals surface area contributed by atoms with Gasteiger partial charge in [-0.2, -0.15) is 0 Å². The second-order valence-electron chi connectivity index (χ2n) is 12.9. The highest BCUT2D eigenvalue weighted by atomic mass is 28.2. The standard InChI is InChI=1S/C38H37Si/c1-37(2,3)28-22-21-27-23-33-32(31(27)24-28)25-34(38(4,5)6)36(35(33)26-15-13-14-16-26)39(29-17-9-7-10-18-29)30-19-11-8-12-20-30/h7-15,17-22,24-25H,16H2,1-6H3. The van der Waals surface area contributed by atoms with E-state index < -0.39 is 8.41 Å². The Morgan fingerprint density at radius 2 is 1.33 bits per heavy atom. The Hall–Kier alpha value is -3.55. The molecule has 0 aromatic heterocycles. The minimum absolute atomic E-state index is 0.0183. The molecule has 0 saturated heterocycles. The SMILES string of the molecule is CC(C)(C)c1ccc2c(c1)=c1cc(C(C)(C)C)c(=[Si](c3ccccc3)c3ccccc3)c(C3=CC=CC3)c1[C]=2. The fourth-order valence-corrected chi connectivity index (χ4v) is 9.19. The summed E-state index contributed by atoms with van der Waals surface area (Å²) in [6.07, 6.45) is 11.8. The van der Waals surface area contributed by atoms with Crippen molar-refractivity contribution in [3.63, 3.8) is 0 Å². The van der Waals surface area contributed by atoms with Gasteiger partial charge in [0.15, 0.2) is 0 Å². The molecular formula is C38H37Si. The zero-order valence-electron chi connectivity index (χ0n) is 24.0. The first-order valence-corrected chi connectivity index (χ1v) is 15.6. The first-order valence-electron chi connectivity index (χ1n) is 14.1. The van der Waals surface area contributed by atoms with Gasteiger partial charge < -0.3 is 0 Å². The monoisotopic (exact) mass is 521 g/mol. The summed E-state index contributed by atoms with van der Waals surface area (Å²) in [6, 6.07) is 32.0. The van der Waals surface area contributed by atoms with Gasteiger partial charge in [-0.15, -0.1) is 0 Å². The van der Waals surface area contributed by atoms with Crippen LogP contribution in [0.2, 0.25) is 0 Å². The first-order chi connectivity index (χ1) is 18.6. The number of hydrogen-bond acceptors (Lipinski definition) is 0. The van der Waals surface area contributed by atoms with Gasteiger partial charge in [0.1, 0.15) is 0 Å². The average molecular weight is 522 g/mol. The fourth-order valence-electron chi connectivity index (χ4n) is 5.97. The largest absolute Gasteiger partial charge is 0.0888 e. The van der Waals surface area contributed by atoms with E-state index in [0.29, 0.717) is 0 Å². The minimum atomic E-state index is -1.30. The zero-order valence-corrected chi connectivity index (χ0v) is 25.0. The number of benzene rings is 4. The molecule has 1 heteroatoms. The zero-order chi connectivity index (χ0) is 27.4. The summed E-state index contributed by atoms with van der Waals surface area (Å²) in [4.78, 5) is 1.52. The van der Waals surface area contributed by atoms with Crippen LogP contribution >= 0.6 is 0 Å². The van der Waals surface area contributed by atoms with Crippen LogP contribution in [0.15, 0.2) is 103 Å². The number of fused-ring (bicyclic) bond motifs is 2. The molecule has 4 aromatic carbocycles. The molecule has 1 radical (unpaired) electrons. The van der Waals surface area contributed by atoms with Gasteiger partial charge in [0.25, 0.3) is 0 Å². The third kappa shape index (κ3) is 4.64. The lowest BCUT2D eigenvalue weighted by atomic mass is 9.83. The maximum absolute atomic E-state index is 3.93. The lowest BCUT2D eigenvalue weighted by Crippen LogP contribution is -2.37. The van der Waals surface area contributed by atoms with Gasteiger partial charge >= 0.3 is 0 Å². The van der Waals surface area contributed by atoms with Crippen LogP contribution < -0.4 is 15.6 Å². The van der Waals surface area contributed by atoms with Crippen LogP contribution in [0.25, 0.3) is 11.6 Å². The summed E-state index contributed by atoms with van der Waals surface area (Å²) in [5, 5.41) is 6.75. The molecule has 2 aliphatic rings. The van der Waals surface area contributed by atoms with Crippen molar-refractivity contribution in [1.82, 2.24) is 0 Å². The lowest BCUT2D eigenvalue weighted by Gasteiger charge is -2.26. The Morgan fingerprint density at radius 3 is 1.87 bits per heavy atom. The fraction of sp³-hybridized carbons (Fsp3) is 0.237. The molecule has 0 heterocycles. The molecule has 0 unspecified atom stereocenters. The maximum atomic E-state index is 3.93. The smallest absolute Gasteiger partial charge is 0.0801 e. The highest BCUT2D eigenvalue weighted by molar-refractivity contribution is 6.78. The van der Waals surface area contributed by atoms with Crippen molar-refractivity contribution in [3.05, 3.63) is 146 Å². The number of allylic oxidation sites excluding steroid dienone is 4. The molecular weight excluding hydrogens is 485 g/mol. The van der Waals surface area contributed by atoms with Crippen LogP contribution in [-0.4, -0.2) is 8.41 Å². The van der Waals surface area contributed by atoms with E-state index in [2.05, 4.69) is 151 Å². The van der Waals surface area contributed by atoms with Crippen molar-refractivity contribution in [2.24, 2.45) is 0 Å². The Morgan fingerprint density at radius 1 is 0.692 bits per heavy atom. The van der Waals surface area contributed by atoms with E-state index in [1.165, 1.54) is 58.7 Å². The van der Waals surface area contributed by atoms with Crippen molar-refractivity contribution in [2.45, 2.75) is 58.8 Å². The van der Waals surface area contributed by atoms with Crippen LogP contribution in [0.5, 0.6) is 0 Å². The molecule has 6 rings (SSSR count). The molecule has 0 fully saturated rings. The van der Waals surface area contributed by atoms with Crippen LogP contribution in [-0.2, 0) is 10.8 Å². The predicted octanol–water partition coefficient (Wildman–Crippen LogP) is 7.07. The summed E-state index contributed by atoms with van der Waals surface area (Å²) in [7, 11) is -1.30. The third-order valence-electron chi connectivity index (χ3n) is 8.04. The Balaban J connectivity index is 1.90. The molecule has 2 aliphatic carbocycles. The van der Waals surface area contributed by atoms with Crippen molar-refractivity contribution in [2.75, 3.05) is 0 Å². The second-order valence-corrected chi connectivity index (χ2v) is 15.3. The van der Waals surface area contributed by atoms with Crippen molar-refractivity contribution in [1.29, 1.82) is 0 Å². The summed E-state index contributed by atoms with van der Waals surface area (Å²) in [5.74, 6) is 0. The van der Waals surface area contributed by atoms with E-state index in [4.69, 9.17) is 0 Å². The number of hydrogen-bond donors (Lipinski definition) is 0. The van der Waals surface area contributed by atoms with E-state index in [0.717, 1.165) is 6.42 Å². The van der Waals surface area contributed by atoms with Crippen molar-refractivity contribution >= 4 is 30.4 Å². The number of rotatable bonds is 3. The normalized spacial score (nSPS) is 14.1. The molecule has 0 aliphatic heterocycles. The molecule has 193 valence electrons. The van der Waals surface area contributed by atoms with Gasteiger partial charge in [0.05, 0.1) is 8.41 Å². The van der Waals surface area contributed by atoms with E-state index in [-0.39, 0.29) is 10.8 Å². The quantitative estimate of drug-likeness (QED) is 0.223. The third-order valence-corrected chi connectivity index (χ3v) is 10.9. The molecule has 0 amide bonds. The van der Waals surface area contributed by atoms with E-state index in [1.807, 2.05) is 0 Å². The van der Waals surface area contributed by atoms with Crippen molar-refractivity contribution < 1.29 is 0 Å². The van der Waals surface area contributed by atoms with E-state index in [1.54, 1.807) is 0 Å². The molecule has 0 N–H and O–H groups in total.